The molecule has 5 heteroatoms. The highest BCUT2D eigenvalue weighted by Crippen LogP contribution is 2.43. The van der Waals surface area contributed by atoms with Crippen LogP contribution in [-0.4, -0.2) is 53.7 Å². The Morgan fingerprint density at radius 1 is 0.958 bits per heavy atom. The second kappa shape index (κ2) is 8.75. The monoisotopic (exact) mass is 372 g/mol. The summed E-state index contributed by atoms with van der Waals surface area (Å²) in [6.07, 6.45) is 7.72. The van der Waals surface area contributed by atoms with Gasteiger partial charge in [-0.05, 0) is 68.9 Å². The van der Waals surface area contributed by atoms with Gasteiger partial charge in [0.1, 0.15) is 5.75 Å². The van der Waals surface area contributed by atoms with Crippen LogP contribution in [0, 0.1) is 0 Å². The molecule has 136 valence electrons. The average molecular weight is 373 g/mol. The standard InChI is InChI=1S/C19H28N2O.2ClH/c22-19-6-4-5-15-16-9-12-21(18(16)8-7-17(15)19)14-13-20-10-2-1-3-11-20;;/h4-6,16,18,22H,1-3,7-14H2;2*1H. The first kappa shape index (κ1) is 19.8. The first-order chi connectivity index (χ1) is 10.8. The van der Waals surface area contributed by atoms with Crippen LogP contribution in [0.2, 0.25) is 0 Å². The summed E-state index contributed by atoms with van der Waals surface area (Å²) >= 11 is 0. The van der Waals surface area contributed by atoms with Crippen molar-refractivity contribution in [3.8, 4) is 5.75 Å². The number of phenols is 1. The number of aromatic hydroxyl groups is 1. The molecule has 24 heavy (non-hydrogen) atoms. The van der Waals surface area contributed by atoms with Gasteiger partial charge in [0.2, 0.25) is 0 Å². The van der Waals surface area contributed by atoms with Crippen molar-refractivity contribution in [2.75, 3.05) is 32.7 Å². The number of likely N-dealkylation sites (tertiary alicyclic amines) is 2. The van der Waals surface area contributed by atoms with Crippen LogP contribution in [0.3, 0.4) is 0 Å². The number of hydrogen-bond acceptors (Lipinski definition) is 3. The molecule has 1 N–H and O–H groups in total. The zero-order valence-electron chi connectivity index (χ0n) is 14.3. The average Bonchev–Trinajstić information content (AvgIpc) is 2.98. The normalized spacial score (nSPS) is 26.8. The van der Waals surface area contributed by atoms with E-state index in [0.717, 1.165) is 6.42 Å². The van der Waals surface area contributed by atoms with Crippen molar-refractivity contribution in [2.24, 2.45) is 0 Å². The van der Waals surface area contributed by atoms with E-state index in [1.165, 1.54) is 76.0 Å². The van der Waals surface area contributed by atoms with Crippen LogP contribution in [0.5, 0.6) is 5.75 Å². The van der Waals surface area contributed by atoms with Crippen LogP contribution in [-0.2, 0) is 6.42 Å². The third-order valence-corrected chi connectivity index (χ3v) is 6.09. The molecule has 0 spiro atoms. The molecule has 1 aliphatic carbocycles. The predicted molar refractivity (Wildman–Crippen MR) is 104 cm³/mol. The van der Waals surface area contributed by atoms with Crippen LogP contribution in [0.4, 0.5) is 0 Å². The van der Waals surface area contributed by atoms with E-state index in [1.807, 2.05) is 12.1 Å². The third kappa shape index (κ3) is 3.85. The second-order valence-corrected chi connectivity index (χ2v) is 7.28. The Kier molecular flexibility index (Phi) is 7.23. The van der Waals surface area contributed by atoms with Crippen molar-refractivity contribution in [2.45, 2.75) is 50.5 Å². The van der Waals surface area contributed by atoms with Gasteiger partial charge >= 0.3 is 0 Å². The third-order valence-electron chi connectivity index (χ3n) is 6.09. The summed E-state index contributed by atoms with van der Waals surface area (Å²) in [4.78, 5) is 5.38. The Hall–Kier alpha value is -0.480. The Bertz CT molecular complexity index is 534. The highest BCUT2D eigenvalue weighted by Gasteiger charge is 2.39. The van der Waals surface area contributed by atoms with Crippen LogP contribution in [0.25, 0.3) is 0 Å². The molecule has 3 aliphatic rings. The van der Waals surface area contributed by atoms with Crippen LogP contribution in [0.15, 0.2) is 18.2 Å². The predicted octanol–water partition coefficient (Wildman–Crippen LogP) is 3.83. The van der Waals surface area contributed by atoms with Crippen molar-refractivity contribution in [3.05, 3.63) is 29.3 Å². The highest BCUT2D eigenvalue weighted by molar-refractivity contribution is 5.85. The fraction of sp³-hybridized carbons (Fsp3) is 0.684. The minimum atomic E-state index is 0. The Balaban J connectivity index is 0.00000104. The molecule has 3 nitrogen and oxygen atoms in total. The summed E-state index contributed by atoms with van der Waals surface area (Å²) in [6, 6.07) is 6.83. The van der Waals surface area contributed by atoms with E-state index < -0.39 is 0 Å². The maximum Gasteiger partial charge on any atom is 0.119 e. The lowest BCUT2D eigenvalue weighted by molar-refractivity contribution is 0.164. The van der Waals surface area contributed by atoms with E-state index in [2.05, 4.69) is 15.9 Å². The summed E-state index contributed by atoms with van der Waals surface area (Å²) in [6.45, 7) is 6.32. The first-order valence-corrected chi connectivity index (χ1v) is 9.10. The van der Waals surface area contributed by atoms with Gasteiger partial charge in [0.05, 0.1) is 0 Å². The van der Waals surface area contributed by atoms with Crippen molar-refractivity contribution < 1.29 is 5.11 Å². The van der Waals surface area contributed by atoms with Gasteiger partial charge < -0.3 is 10.0 Å². The van der Waals surface area contributed by atoms with E-state index in [9.17, 15) is 5.11 Å². The Labute approximate surface area is 158 Å². The second-order valence-electron chi connectivity index (χ2n) is 7.28. The molecule has 2 unspecified atom stereocenters. The summed E-state index contributed by atoms with van der Waals surface area (Å²) in [5.74, 6) is 1.17. The zero-order chi connectivity index (χ0) is 14.9. The van der Waals surface area contributed by atoms with Crippen molar-refractivity contribution in [3.63, 3.8) is 0 Å². The maximum atomic E-state index is 10.1. The molecule has 2 heterocycles. The van der Waals surface area contributed by atoms with Gasteiger partial charge in [0.15, 0.2) is 0 Å². The molecule has 4 rings (SSSR count). The molecule has 0 amide bonds. The lowest BCUT2D eigenvalue weighted by Gasteiger charge is -2.35. The minimum absolute atomic E-state index is 0. The van der Waals surface area contributed by atoms with Gasteiger partial charge in [-0.25, -0.2) is 0 Å². The van der Waals surface area contributed by atoms with Gasteiger partial charge in [-0.2, -0.15) is 0 Å². The number of piperidine rings is 1. The van der Waals surface area contributed by atoms with E-state index in [4.69, 9.17) is 0 Å². The summed E-state index contributed by atoms with van der Waals surface area (Å²) in [7, 11) is 0. The van der Waals surface area contributed by atoms with E-state index in [-0.39, 0.29) is 24.8 Å². The molecule has 1 aromatic carbocycles. The summed E-state index contributed by atoms with van der Waals surface area (Å²) < 4.78 is 0. The summed E-state index contributed by atoms with van der Waals surface area (Å²) in [5, 5.41) is 10.1. The molecule has 0 aromatic heterocycles. The largest absolute Gasteiger partial charge is 0.508 e. The van der Waals surface area contributed by atoms with Gasteiger partial charge in [0, 0.05) is 25.0 Å². The first-order valence-electron chi connectivity index (χ1n) is 9.10. The van der Waals surface area contributed by atoms with Crippen molar-refractivity contribution in [1.82, 2.24) is 9.80 Å². The smallest absolute Gasteiger partial charge is 0.119 e. The van der Waals surface area contributed by atoms with Crippen molar-refractivity contribution in [1.29, 1.82) is 0 Å². The minimum Gasteiger partial charge on any atom is -0.508 e. The maximum absolute atomic E-state index is 10.1. The molecule has 0 saturated carbocycles. The number of nitrogens with zero attached hydrogens (tertiary/aromatic N) is 2. The SMILES string of the molecule is Cl.Cl.Oc1cccc2c1CCC1C2CCN1CCN1CCCCC1. The summed E-state index contributed by atoms with van der Waals surface area (Å²) in [5.41, 5.74) is 2.65. The van der Waals surface area contributed by atoms with Gasteiger partial charge in [0.25, 0.3) is 0 Å². The molecule has 0 radical (unpaired) electrons. The van der Waals surface area contributed by atoms with E-state index >= 15 is 0 Å². The molecule has 1 aromatic rings. The number of phenolic OH excluding ortho intramolecular Hbond substituents is 1. The van der Waals surface area contributed by atoms with Crippen molar-refractivity contribution >= 4 is 24.8 Å². The zero-order valence-corrected chi connectivity index (χ0v) is 16.0. The molecular formula is C19H30Cl2N2O. The van der Waals surface area contributed by atoms with Crippen LogP contribution < -0.4 is 0 Å². The van der Waals surface area contributed by atoms with E-state index in [1.54, 1.807) is 0 Å². The molecule has 0 bridgehead atoms. The molecule has 2 atom stereocenters. The van der Waals surface area contributed by atoms with E-state index in [0.29, 0.717) is 17.7 Å². The van der Waals surface area contributed by atoms with Gasteiger partial charge in [-0.3, -0.25) is 4.90 Å². The highest BCUT2D eigenvalue weighted by atomic mass is 35.5. The van der Waals surface area contributed by atoms with Crippen LogP contribution >= 0.6 is 24.8 Å². The number of benzene rings is 1. The van der Waals surface area contributed by atoms with Gasteiger partial charge in [-0.1, -0.05) is 18.6 Å². The fourth-order valence-corrected chi connectivity index (χ4v) is 4.90. The van der Waals surface area contributed by atoms with Crippen LogP contribution in [0.1, 0.15) is 49.1 Å². The molecular weight excluding hydrogens is 343 g/mol. The fourth-order valence-electron chi connectivity index (χ4n) is 4.90. The number of hydrogen-bond donors (Lipinski definition) is 1. The number of fused-ring (bicyclic) bond motifs is 3. The quantitative estimate of drug-likeness (QED) is 0.873. The van der Waals surface area contributed by atoms with Gasteiger partial charge in [-0.15, -0.1) is 24.8 Å². The topological polar surface area (TPSA) is 26.7 Å². The molecule has 2 aliphatic heterocycles. The molecule has 2 saturated heterocycles. The number of halogens is 2. The molecule has 2 fully saturated rings. The Morgan fingerprint density at radius 3 is 2.54 bits per heavy atom. The lowest BCUT2D eigenvalue weighted by Crippen LogP contribution is -2.41. The lowest BCUT2D eigenvalue weighted by atomic mass is 9.79. The number of rotatable bonds is 3. The Morgan fingerprint density at radius 2 is 1.75 bits per heavy atom.